The molecule has 7 nitrogen and oxygen atoms in total. The number of aryl methyl sites for hydroxylation is 3. The van der Waals surface area contributed by atoms with E-state index >= 15 is 0 Å². The van der Waals surface area contributed by atoms with Crippen LogP contribution in [0.2, 0.25) is 0 Å². The van der Waals surface area contributed by atoms with Crippen molar-refractivity contribution in [1.82, 2.24) is 24.6 Å². The Labute approximate surface area is 169 Å². The molecule has 0 aromatic carbocycles. The molecule has 0 bridgehead atoms. The van der Waals surface area contributed by atoms with Crippen molar-refractivity contribution in [2.24, 2.45) is 0 Å². The predicted molar refractivity (Wildman–Crippen MR) is 111 cm³/mol. The molecule has 1 aliphatic heterocycles. The summed E-state index contributed by atoms with van der Waals surface area (Å²) in [5.74, 6) is 0.802. The molecule has 0 unspecified atom stereocenters. The van der Waals surface area contributed by atoms with Crippen molar-refractivity contribution in [3.63, 3.8) is 0 Å². The van der Waals surface area contributed by atoms with Gasteiger partial charge in [0.2, 0.25) is 0 Å². The van der Waals surface area contributed by atoms with E-state index in [2.05, 4.69) is 40.3 Å². The molecule has 4 heterocycles. The Hall–Kier alpha value is -2.29. The van der Waals surface area contributed by atoms with E-state index in [1.54, 1.807) is 11.3 Å². The maximum Gasteiger partial charge on any atom is 0.188 e. The molecule has 28 heavy (non-hydrogen) atoms. The van der Waals surface area contributed by atoms with Gasteiger partial charge in [-0.25, -0.2) is 9.97 Å². The second kappa shape index (κ2) is 8.38. The summed E-state index contributed by atoms with van der Waals surface area (Å²) < 4.78 is 7.99. The van der Waals surface area contributed by atoms with E-state index in [-0.39, 0.29) is 6.10 Å². The topological polar surface area (TPSA) is 68.1 Å². The van der Waals surface area contributed by atoms with Gasteiger partial charge in [0.15, 0.2) is 5.13 Å². The largest absolute Gasteiger partial charge is 0.369 e. The SMILES string of the molecule is CCn1cc(CN2CCO[C@H](c3cccc(Nc4nc(C)c(C)s4)n3)C2)cn1. The summed E-state index contributed by atoms with van der Waals surface area (Å²) in [7, 11) is 0. The second-order valence-electron chi connectivity index (χ2n) is 7.03. The smallest absolute Gasteiger partial charge is 0.188 e. The maximum absolute atomic E-state index is 6.02. The third kappa shape index (κ3) is 4.40. The average molecular weight is 399 g/mol. The molecular weight excluding hydrogens is 372 g/mol. The fraction of sp³-hybridized carbons (Fsp3) is 0.450. The van der Waals surface area contributed by atoms with E-state index in [1.807, 2.05) is 36.0 Å². The summed E-state index contributed by atoms with van der Waals surface area (Å²) in [6.45, 7) is 10.4. The van der Waals surface area contributed by atoms with Crippen LogP contribution in [0.25, 0.3) is 0 Å². The number of hydrogen-bond acceptors (Lipinski definition) is 7. The van der Waals surface area contributed by atoms with Crippen LogP contribution in [0, 0.1) is 13.8 Å². The average Bonchev–Trinajstić information content (AvgIpc) is 3.28. The summed E-state index contributed by atoms with van der Waals surface area (Å²) in [6.07, 6.45) is 4.04. The molecule has 1 aliphatic rings. The van der Waals surface area contributed by atoms with Crippen molar-refractivity contribution < 1.29 is 4.74 Å². The standard InChI is InChI=1S/C20H26N6OS/c1-4-26-12-16(10-21-26)11-25-8-9-27-18(13-25)17-6-5-7-19(23-17)24-20-22-14(2)15(3)28-20/h5-7,10,12,18H,4,8-9,11,13H2,1-3H3,(H,22,23,24)/t18-/m0/s1. The van der Waals surface area contributed by atoms with Gasteiger partial charge in [-0.3, -0.25) is 9.58 Å². The van der Waals surface area contributed by atoms with Gasteiger partial charge in [0.25, 0.3) is 0 Å². The normalized spacial score (nSPS) is 17.8. The zero-order chi connectivity index (χ0) is 19.5. The first kappa shape index (κ1) is 19.0. The van der Waals surface area contributed by atoms with E-state index in [4.69, 9.17) is 9.72 Å². The van der Waals surface area contributed by atoms with Gasteiger partial charge in [0.05, 0.1) is 24.2 Å². The van der Waals surface area contributed by atoms with Crippen LogP contribution in [-0.4, -0.2) is 44.3 Å². The molecule has 1 atom stereocenters. The Morgan fingerprint density at radius 2 is 2.18 bits per heavy atom. The fourth-order valence-corrected chi connectivity index (χ4v) is 4.10. The summed E-state index contributed by atoms with van der Waals surface area (Å²) in [6, 6.07) is 6.02. The van der Waals surface area contributed by atoms with Crippen LogP contribution in [0.15, 0.2) is 30.6 Å². The van der Waals surface area contributed by atoms with Crippen molar-refractivity contribution in [3.05, 3.63) is 52.4 Å². The zero-order valence-electron chi connectivity index (χ0n) is 16.6. The van der Waals surface area contributed by atoms with Gasteiger partial charge in [-0.2, -0.15) is 5.10 Å². The van der Waals surface area contributed by atoms with Crippen molar-refractivity contribution in [2.45, 2.75) is 40.0 Å². The lowest BCUT2D eigenvalue weighted by Gasteiger charge is -2.32. The fourth-order valence-electron chi connectivity index (χ4n) is 3.28. The number of nitrogens with one attached hydrogen (secondary N) is 1. The minimum absolute atomic E-state index is 0.0310. The molecule has 0 amide bonds. The highest BCUT2D eigenvalue weighted by Crippen LogP contribution is 2.26. The van der Waals surface area contributed by atoms with E-state index in [0.29, 0.717) is 6.61 Å². The lowest BCUT2D eigenvalue weighted by molar-refractivity contribution is -0.0349. The Morgan fingerprint density at radius 1 is 1.29 bits per heavy atom. The van der Waals surface area contributed by atoms with Crippen molar-refractivity contribution in [3.8, 4) is 0 Å². The summed E-state index contributed by atoms with van der Waals surface area (Å²) >= 11 is 1.65. The predicted octanol–water partition coefficient (Wildman–Crippen LogP) is 3.69. The van der Waals surface area contributed by atoms with Crippen molar-refractivity contribution in [1.29, 1.82) is 0 Å². The molecule has 0 aliphatic carbocycles. The minimum atomic E-state index is -0.0310. The molecule has 0 radical (unpaired) electrons. The molecule has 4 rings (SSSR count). The molecule has 3 aromatic rings. The number of nitrogens with zero attached hydrogens (tertiary/aromatic N) is 5. The minimum Gasteiger partial charge on any atom is -0.369 e. The van der Waals surface area contributed by atoms with E-state index in [0.717, 1.165) is 48.5 Å². The van der Waals surface area contributed by atoms with Crippen LogP contribution in [0.1, 0.15) is 34.9 Å². The van der Waals surface area contributed by atoms with Gasteiger partial charge in [-0.05, 0) is 32.9 Å². The summed E-state index contributed by atoms with van der Waals surface area (Å²) in [5, 5.41) is 8.57. The Bertz CT molecular complexity index is 917. The summed E-state index contributed by atoms with van der Waals surface area (Å²) in [4.78, 5) is 12.9. The number of pyridine rings is 1. The molecule has 1 N–H and O–H groups in total. The molecule has 1 fully saturated rings. The number of hydrogen-bond donors (Lipinski definition) is 1. The number of ether oxygens (including phenoxy) is 1. The van der Waals surface area contributed by atoms with Gasteiger partial charge < -0.3 is 10.1 Å². The van der Waals surface area contributed by atoms with E-state index in [9.17, 15) is 0 Å². The third-order valence-electron chi connectivity index (χ3n) is 4.93. The van der Waals surface area contributed by atoms with Gasteiger partial charge in [-0.1, -0.05) is 6.07 Å². The Morgan fingerprint density at radius 3 is 2.93 bits per heavy atom. The zero-order valence-corrected chi connectivity index (χ0v) is 17.4. The number of rotatable bonds is 6. The van der Waals surface area contributed by atoms with Gasteiger partial charge in [0.1, 0.15) is 11.9 Å². The van der Waals surface area contributed by atoms with E-state index < -0.39 is 0 Å². The highest BCUT2D eigenvalue weighted by atomic mass is 32.1. The van der Waals surface area contributed by atoms with Crippen molar-refractivity contribution >= 4 is 22.3 Å². The van der Waals surface area contributed by atoms with Gasteiger partial charge >= 0.3 is 0 Å². The monoisotopic (exact) mass is 398 g/mol. The van der Waals surface area contributed by atoms with Crippen LogP contribution in [0.4, 0.5) is 10.9 Å². The van der Waals surface area contributed by atoms with Gasteiger partial charge in [0, 0.05) is 42.8 Å². The molecule has 0 spiro atoms. The molecule has 0 saturated carbocycles. The summed E-state index contributed by atoms with van der Waals surface area (Å²) in [5.41, 5.74) is 3.24. The quantitative estimate of drug-likeness (QED) is 0.683. The Kier molecular flexibility index (Phi) is 5.70. The highest BCUT2D eigenvalue weighted by Gasteiger charge is 2.23. The number of anilines is 2. The van der Waals surface area contributed by atoms with Crippen LogP contribution in [-0.2, 0) is 17.8 Å². The van der Waals surface area contributed by atoms with Gasteiger partial charge in [-0.15, -0.1) is 11.3 Å². The lowest BCUT2D eigenvalue weighted by atomic mass is 10.1. The number of morpholine rings is 1. The number of aromatic nitrogens is 4. The molecule has 8 heteroatoms. The molecular formula is C20H26N6OS. The molecule has 1 saturated heterocycles. The maximum atomic E-state index is 6.02. The second-order valence-corrected chi connectivity index (χ2v) is 8.24. The third-order valence-corrected chi connectivity index (χ3v) is 5.92. The van der Waals surface area contributed by atoms with Crippen LogP contribution < -0.4 is 5.32 Å². The first-order chi connectivity index (χ1) is 13.6. The Balaban J connectivity index is 1.43. The van der Waals surface area contributed by atoms with E-state index in [1.165, 1.54) is 10.4 Å². The number of thiazole rings is 1. The molecule has 3 aromatic heterocycles. The molecule has 148 valence electrons. The lowest BCUT2D eigenvalue weighted by Crippen LogP contribution is -2.38. The highest BCUT2D eigenvalue weighted by molar-refractivity contribution is 7.15. The van der Waals surface area contributed by atoms with Crippen molar-refractivity contribution in [2.75, 3.05) is 25.0 Å². The first-order valence-corrected chi connectivity index (χ1v) is 10.5. The van der Waals surface area contributed by atoms with Crippen LogP contribution in [0.3, 0.4) is 0 Å². The van der Waals surface area contributed by atoms with Crippen LogP contribution in [0.5, 0.6) is 0 Å². The van der Waals surface area contributed by atoms with Crippen LogP contribution >= 0.6 is 11.3 Å². The first-order valence-electron chi connectivity index (χ1n) is 9.64.